The van der Waals surface area contributed by atoms with E-state index in [0.717, 1.165) is 12.8 Å². The predicted octanol–water partition coefficient (Wildman–Crippen LogP) is 1.85. The molecule has 104 valence electrons. The van der Waals surface area contributed by atoms with Crippen LogP contribution in [0.2, 0.25) is 0 Å². The van der Waals surface area contributed by atoms with E-state index in [-0.39, 0.29) is 18.5 Å². The molecule has 1 heterocycles. The largest absolute Gasteiger partial charge is 0.468 e. The maximum absolute atomic E-state index is 12.5. The Morgan fingerprint density at radius 3 is 2.68 bits per heavy atom. The molecule has 0 unspecified atom stereocenters. The molecule has 0 saturated heterocycles. The first-order valence-corrected chi connectivity index (χ1v) is 6.59. The molecule has 1 fully saturated rings. The van der Waals surface area contributed by atoms with Crippen LogP contribution in [-0.2, 0) is 9.53 Å². The molecular formula is C14H20N2O3. The molecule has 5 heteroatoms. The van der Waals surface area contributed by atoms with Crippen molar-refractivity contribution in [2.75, 3.05) is 13.7 Å². The van der Waals surface area contributed by atoms with Gasteiger partial charge in [-0.2, -0.15) is 0 Å². The zero-order valence-corrected chi connectivity index (χ0v) is 11.6. The van der Waals surface area contributed by atoms with Crippen LogP contribution in [0.15, 0.2) is 18.3 Å². The lowest BCUT2D eigenvalue weighted by Gasteiger charge is -2.26. The molecule has 1 aromatic heterocycles. The normalized spacial score (nSPS) is 14.5. The summed E-state index contributed by atoms with van der Waals surface area (Å²) in [6.07, 6.45) is 4.17. The van der Waals surface area contributed by atoms with Crippen molar-refractivity contribution in [2.45, 2.75) is 38.8 Å². The molecule has 0 bridgehead atoms. The SMILES string of the molecule is COC(=O)CN(C(=O)c1cccn1C1CC1)C(C)C. The number of esters is 1. The molecule has 0 N–H and O–H groups in total. The second-order valence-electron chi connectivity index (χ2n) is 5.13. The van der Waals surface area contributed by atoms with Crippen molar-refractivity contribution < 1.29 is 14.3 Å². The zero-order chi connectivity index (χ0) is 14.0. The fraction of sp³-hybridized carbons (Fsp3) is 0.571. The van der Waals surface area contributed by atoms with Crippen molar-refractivity contribution in [2.24, 2.45) is 0 Å². The lowest BCUT2D eigenvalue weighted by molar-refractivity contribution is -0.141. The van der Waals surface area contributed by atoms with E-state index in [9.17, 15) is 9.59 Å². The van der Waals surface area contributed by atoms with Gasteiger partial charge in [0, 0.05) is 18.3 Å². The molecular weight excluding hydrogens is 244 g/mol. The monoisotopic (exact) mass is 264 g/mol. The van der Waals surface area contributed by atoms with E-state index in [1.165, 1.54) is 7.11 Å². The van der Waals surface area contributed by atoms with Gasteiger partial charge in [-0.15, -0.1) is 0 Å². The Morgan fingerprint density at radius 2 is 2.16 bits per heavy atom. The molecule has 0 aromatic carbocycles. The van der Waals surface area contributed by atoms with Gasteiger partial charge >= 0.3 is 5.97 Å². The highest BCUT2D eigenvalue weighted by atomic mass is 16.5. The van der Waals surface area contributed by atoms with Gasteiger partial charge in [0.25, 0.3) is 5.91 Å². The number of carbonyl (C=O) groups excluding carboxylic acids is 2. The first kappa shape index (κ1) is 13.6. The minimum Gasteiger partial charge on any atom is -0.468 e. The van der Waals surface area contributed by atoms with Crippen LogP contribution in [0.4, 0.5) is 0 Å². The van der Waals surface area contributed by atoms with Gasteiger partial charge in [0.1, 0.15) is 12.2 Å². The highest BCUT2D eigenvalue weighted by Crippen LogP contribution is 2.36. The number of nitrogens with zero attached hydrogens (tertiary/aromatic N) is 2. The summed E-state index contributed by atoms with van der Waals surface area (Å²) in [6.45, 7) is 3.78. The lowest BCUT2D eigenvalue weighted by atomic mass is 10.2. The number of hydrogen-bond acceptors (Lipinski definition) is 3. The Hall–Kier alpha value is -1.78. The lowest BCUT2D eigenvalue weighted by Crippen LogP contribution is -2.41. The molecule has 0 spiro atoms. The summed E-state index contributed by atoms with van der Waals surface area (Å²) in [5.74, 6) is -0.510. The molecule has 0 aliphatic heterocycles. The van der Waals surface area contributed by atoms with E-state index in [2.05, 4.69) is 4.74 Å². The van der Waals surface area contributed by atoms with E-state index in [1.807, 2.05) is 36.7 Å². The maximum Gasteiger partial charge on any atom is 0.325 e. The van der Waals surface area contributed by atoms with Crippen molar-refractivity contribution in [1.29, 1.82) is 0 Å². The first-order chi connectivity index (χ1) is 9.04. The van der Waals surface area contributed by atoms with Crippen LogP contribution in [-0.4, -0.2) is 41.0 Å². The van der Waals surface area contributed by atoms with Gasteiger partial charge in [0.15, 0.2) is 0 Å². The zero-order valence-electron chi connectivity index (χ0n) is 11.6. The molecule has 1 aliphatic rings. The van der Waals surface area contributed by atoms with Crippen molar-refractivity contribution >= 4 is 11.9 Å². The average Bonchev–Trinajstić information content (AvgIpc) is 3.12. The summed E-state index contributed by atoms with van der Waals surface area (Å²) in [6, 6.07) is 4.09. The second-order valence-corrected chi connectivity index (χ2v) is 5.13. The van der Waals surface area contributed by atoms with E-state index in [1.54, 1.807) is 4.90 Å². The number of carbonyl (C=O) groups is 2. The van der Waals surface area contributed by atoms with Crippen LogP contribution < -0.4 is 0 Å². The Kier molecular flexibility index (Phi) is 3.93. The highest BCUT2D eigenvalue weighted by Gasteiger charge is 2.30. The van der Waals surface area contributed by atoms with Crippen LogP contribution in [0, 0.1) is 0 Å². The van der Waals surface area contributed by atoms with Gasteiger partial charge < -0.3 is 14.2 Å². The van der Waals surface area contributed by atoms with Crippen LogP contribution in [0.3, 0.4) is 0 Å². The number of rotatable bonds is 5. The number of hydrogen-bond donors (Lipinski definition) is 0. The Morgan fingerprint density at radius 1 is 1.47 bits per heavy atom. The topological polar surface area (TPSA) is 51.5 Å². The minimum absolute atomic E-state index is 0.0111. The van der Waals surface area contributed by atoms with Crippen molar-refractivity contribution in [3.8, 4) is 0 Å². The Labute approximate surface area is 113 Å². The number of methoxy groups -OCH3 is 1. The van der Waals surface area contributed by atoms with Crippen LogP contribution in [0.5, 0.6) is 0 Å². The summed E-state index contributed by atoms with van der Waals surface area (Å²) < 4.78 is 6.66. The van der Waals surface area contributed by atoms with E-state index in [4.69, 9.17) is 0 Å². The Balaban J connectivity index is 2.18. The fourth-order valence-corrected chi connectivity index (χ4v) is 2.09. The molecule has 1 amide bonds. The van der Waals surface area contributed by atoms with Crippen molar-refractivity contribution in [3.05, 3.63) is 24.0 Å². The van der Waals surface area contributed by atoms with E-state index >= 15 is 0 Å². The van der Waals surface area contributed by atoms with Gasteiger partial charge in [0.05, 0.1) is 7.11 Å². The third kappa shape index (κ3) is 2.97. The number of aromatic nitrogens is 1. The molecule has 1 aliphatic carbocycles. The standard InChI is InChI=1S/C14H20N2O3/c1-10(2)16(9-13(17)19-3)14(18)12-5-4-8-15(12)11-6-7-11/h4-5,8,10-11H,6-7,9H2,1-3H3. The smallest absolute Gasteiger partial charge is 0.325 e. The molecule has 19 heavy (non-hydrogen) atoms. The van der Waals surface area contributed by atoms with Crippen molar-refractivity contribution in [3.63, 3.8) is 0 Å². The van der Waals surface area contributed by atoms with Gasteiger partial charge in [0.2, 0.25) is 0 Å². The summed E-state index contributed by atoms with van der Waals surface area (Å²) in [7, 11) is 1.33. The third-order valence-corrected chi connectivity index (χ3v) is 3.35. The average molecular weight is 264 g/mol. The second kappa shape index (κ2) is 5.47. The van der Waals surface area contributed by atoms with E-state index in [0.29, 0.717) is 11.7 Å². The molecule has 5 nitrogen and oxygen atoms in total. The van der Waals surface area contributed by atoms with Gasteiger partial charge in [-0.05, 0) is 38.8 Å². The third-order valence-electron chi connectivity index (χ3n) is 3.35. The van der Waals surface area contributed by atoms with Crippen molar-refractivity contribution in [1.82, 2.24) is 9.47 Å². The number of amides is 1. The minimum atomic E-state index is -0.397. The summed E-state index contributed by atoms with van der Waals surface area (Å²) >= 11 is 0. The van der Waals surface area contributed by atoms with Gasteiger partial charge in [-0.1, -0.05) is 0 Å². The summed E-state index contributed by atoms with van der Waals surface area (Å²) in [4.78, 5) is 25.5. The Bertz CT molecular complexity index is 475. The first-order valence-electron chi connectivity index (χ1n) is 6.59. The maximum atomic E-state index is 12.5. The summed E-state index contributed by atoms with van der Waals surface area (Å²) in [5, 5.41) is 0. The quantitative estimate of drug-likeness (QED) is 0.763. The number of ether oxygens (including phenoxy) is 1. The molecule has 0 radical (unpaired) electrons. The van der Waals surface area contributed by atoms with Crippen LogP contribution >= 0.6 is 0 Å². The molecule has 1 saturated carbocycles. The summed E-state index contributed by atoms with van der Waals surface area (Å²) in [5.41, 5.74) is 0.653. The van der Waals surface area contributed by atoms with E-state index < -0.39 is 5.97 Å². The van der Waals surface area contributed by atoms with Crippen LogP contribution in [0.25, 0.3) is 0 Å². The highest BCUT2D eigenvalue weighted by molar-refractivity contribution is 5.95. The van der Waals surface area contributed by atoms with Crippen LogP contribution in [0.1, 0.15) is 43.2 Å². The molecule has 1 aromatic rings. The molecule has 2 rings (SSSR count). The predicted molar refractivity (Wildman–Crippen MR) is 70.9 cm³/mol. The van der Waals surface area contributed by atoms with Gasteiger partial charge in [-0.3, -0.25) is 9.59 Å². The van der Waals surface area contributed by atoms with Gasteiger partial charge in [-0.25, -0.2) is 0 Å². The fourth-order valence-electron chi connectivity index (χ4n) is 2.09. The molecule has 0 atom stereocenters.